The summed E-state index contributed by atoms with van der Waals surface area (Å²) in [5.41, 5.74) is 11.0. The van der Waals surface area contributed by atoms with E-state index in [4.69, 9.17) is 4.42 Å². The summed E-state index contributed by atoms with van der Waals surface area (Å²) >= 11 is 0. The molecule has 1 heterocycles. The van der Waals surface area contributed by atoms with Crippen LogP contribution in [0.25, 0.3) is 21.9 Å². The zero-order valence-corrected chi connectivity index (χ0v) is 28.5. The molecule has 0 spiro atoms. The molecule has 0 N–H and O–H groups in total. The first kappa shape index (κ1) is 31.0. The van der Waals surface area contributed by atoms with Gasteiger partial charge < -0.3 is 19.1 Å². The molecule has 4 nitrogen and oxygen atoms in total. The lowest BCUT2D eigenvalue weighted by molar-refractivity contribution is 0.669. The van der Waals surface area contributed by atoms with Crippen molar-refractivity contribution < 1.29 is 4.42 Å². The van der Waals surface area contributed by atoms with E-state index in [1.165, 1.54) is 0 Å². The second-order valence-electron chi connectivity index (χ2n) is 12.6. The van der Waals surface area contributed by atoms with Gasteiger partial charge in [-0.3, -0.25) is 0 Å². The van der Waals surface area contributed by atoms with Gasteiger partial charge in [-0.2, -0.15) is 0 Å². The Balaban J connectivity index is 1.36. The van der Waals surface area contributed by atoms with Crippen LogP contribution in [0.5, 0.6) is 0 Å². The van der Waals surface area contributed by atoms with Crippen LogP contribution in [-0.2, 0) is 0 Å². The highest BCUT2D eigenvalue weighted by molar-refractivity contribution is 6.18. The van der Waals surface area contributed by atoms with Gasteiger partial charge in [0.1, 0.15) is 5.58 Å². The Labute approximate surface area is 303 Å². The Bertz CT molecular complexity index is 2440. The molecule has 0 unspecified atom stereocenters. The molecule has 9 rings (SSSR count). The van der Waals surface area contributed by atoms with Crippen molar-refractivity contribution in [3.8, 4) is 0 Å². The van der Waals surface area contributed by atoms with Crippen molar-refractivity contribution in [2.75, 3.05) is 14.7 Å². The third kappa shape index (κ3) is 5.72. The summed E-state index contributed by atoms with van der Waals surface area (Å²) in [6.45, 7) is 0. The highest BCUT2D eigenvalue weighted by Crippen LogP contribution is 2.49. The molecule has 8 aromatic carbocycles. The summed E-state index contributed by atoms with van der Waals surface area (Å²) in [6, 6.07) is 74.1. The zero-order chi connectivity index (χ0) is 34.7. The number of fused-ring (bicyclic) bond motifs is 3. The molecule has 0 fully saturated rings. The molecule has 0 aliphatic carbocycles. The van der Waals surface area contributed by atoms with Crippen molar-refractivity contribution in [1.29, 1.82) is 0 Å². The van der Waals surface area contributed by atoms with E-state index in [9.17, 15) is 0 Å². The van der Waals surface area contributed by atoms with Crippen LogP contribution in [0.3, 0.4) is 0 Å². The van der Waals surface area contributed by atoms with E-state index >= 15 is 0 Å². The molecule has 0 saturated heterocycles. The summed E-state index contributed by atoms with van der Waals surface area (Å²) in [5.74, 6) is 0. The summed E-state index contributed by atoms with van der Waals surface area (Å²) in [5, 5.41) is 2.05. The molecule has 248 valence electrons. The van der Waals surface area contributed by atoms with Crippen LogP contribution in [0.4, 0.5) is 51.2 Å². The predicted octanol–water partition coefficient (Wildman–Crippen LogP) is 14.0. The average Bonchev–Trinajstić information content (AvgIpc) is 3.61. The van der Waals surface area contributed by atoms with Crippen molar-refractivity contribution in [3.63, 3.8) is 0 Å². The molecule has 0 aliphatic rings. The summed E-state index contributed by atoms with van der Waals surface area (Å²) in [4.78, 5) is 6.91. The molecule has 0 aliphatic heterocycles. The lowest BCUT2D eigenvalue weighted by atomic mass is 10.0. The van der Waals surface area contributed by atoms with Crippen LogP contribution < -0.4 is 14.7 Å². The monoisotopic (exact) mass is 669 g/mol. The molecule has 4 heteroatoms. The van der Waals surface area contributed by atoms with Crippen molar-refractivity contribution in [3.05, 3.63) is 212 Å². The molecule has 1 aromatic heterocycles. The lowest BCUT2D eigenvalue weighted by Crippen LogP contribution is -2.13. The first-order valence-corrected chi connectivity index (χ1v) is 17.5. The summed E-state index contributed by atoms with van der Waals surface area (Å²) < 4.78 is 7.03. The molecule has 0 atom stereocenters. The summed E-state index contributed by atoms with van der Waals surface area (Å²) in [7, 11) is 0. The van der Waals surface area contributed by atoms with Gasteiger partial charge in [0.05, 0.1) is 16.8 Å². The van der Waals surface area contributed by atoms with E-state index in [0.29, 0.717) is 0 Å². The van der Waals surface area contributed by atoms with Gasteiger partial charge >= 0.3 is 0 Å². The van der Waals surface area contributed by atoms with Gasteiger partial charge in [-0.15, -0.1) is 0 Å². The quantitative estimate of drug-likeness (QED) is 0.153. The molecular weight excluding hydrogens is 635 g/mol. The third-order valence-corrected chi connectivity index (χ3v) is 9.39. The van der Waals surface area contributed by atoms with Crippen LogP contribution in [0.1, 0.15) is 0 Å². The molecule has 9 aromatic rings. The van der Waals surface area contributed by atoms with Crippen molar-refractivity contribution in [2.24, 2.45) is 0 Å². The number of furan rings is 1. The van der Waals surface area contributed by atoms with E-state index in [0.717, 1.165) is 73.1 Å². The van der Waals surface area contributed by atoms with E-state index in [-0.39, 0.29) is 0 Å². The second-order valence-corrected chi connectivity index (χ2v) is 12.6. The van der Waals surface area contributed by atoms with Crippen LogP contribution in [0, 0.1) is 0 Å². The highest BCUT2D eigenvalue weighted by Gasteiger charge is 2.26. The van der Waals surface area contributed by atoms with E-state index in [2.05, 4.69) is 227 Å². The zero-order valence-electron chi connectivity index (χ0n) is 28.5. The minimum Gasteiger partial charge on any atom is -0.454 e. The molecule has 0 bridgehead atoms. The Morgan fingerprint density at radius 1 is 0.288 bits per heavy atom. The minimum absolute atomic E-state index is 0.806. The second kappa shape index (κ2) is 13.7. The van der Waals surface area contributed by atoms with Crippen LogP contribution in [-0.4, -0.2) is 0 Å². The van der Waals surface area contributed by atoms with Crippen molar-refractivity contribution in [2.45, 2.75) is 0 Å². The normalized spacial score (nSPS) is 11.1. The van der Waals surface area contributed by atoms with Gasteiger partial charge in [0.15, 0.2) is 5.58 Å². The van der Waals surface area contributed by atoms with Crippen molar-refractivity contribution in [1.82, 2.24) is 0 Å². The third-order valence-electron chi connectivity index (χ3n) is 9.39. The first-order chi connectivity index (χ1) is 25.8. The van der Waals surface area contributed by atoms with Crippen LogP contribution in [0.2, 0.25) is 0 Å². The number of anilines is 9. The van der Waals surface area contributed by atoms with Gasteiger partial charge in [0, 0.05) is 45.2 Å². The van der Waals surface area contributed by atoms with E-state index in [1.807, 2.05) is 0 Å². The number of hydrogen-bond donors (Lipinski definition) is 0. The van der Waals surface area contributed by atoms with Crippen molar-refractivity contribution >= 4 is 73.1 Å². The molecule has 52 heavy (non-hydrogen) atoms. The molecule has 0 saturated carbocycles. The predicted molar refractivity (Wildman–Crippen MR) is 218 cm³/mol. The lowest BCUT2D eigenvalue weighted by Gasteiger charge is -2.29. The Morgan fingerprint density at radius 3 is 1.04 bits per heavy atom. The standard InChI is InChI=1S/C48H35N3O/c1-7-19-36(20-8-1)49(37-21-9-2-10-22-37)42-31-34-46-43(35-42)47-44(50(38-23-11-3-12-24-38)39-25-13-4-14-26-39)32-33-45(48(47)52-46)51(40-27-15-5-16-28-40)41-29-17-6-18-30-41/h1-35H. The minimum atomic E-state index is 0.806. The first-order valence-electron chi connectivity index (χ1n) is 17.5. The number of para-hydroxylation sites is 6. The maximum atomic E-state index is 7.03. The Hall–Kier alpha value is -7.04. The van der Waals surface area contributed by atoms with Gasteiger partial charge in [-0.1, -0.05) is 109 Å². The number of rotatable bonds is 9. The smallest absolute Gasteiger partial charge is 0.161 e. The molecular formula is C48H35N3O. The fourth-order valence-corrected chi connectivity index (χ4v) is 7.10. The highest BCUT2D eigenvalue weighted by atomic mass is 16.3. The maximum absolute atomic E-state index is 7.03. The van der Waals surface area contributed by atoms with E-state index in [1.54, 1.807) is 0 Å². The largest absolute Gasteiger partial charge is 0.454 e. The average molecular weight is 670 g/mol. The van der Waals surface area contributed by atoms with Gasteiger partial charge in [0.2, 0.25) is 0 Å². The Kier molecular flexibility index (Phi) is 8.16. The number of benzene rings is 8. The summed E-state index contributed by atoms with van der Waals surface area (Å²) in [6.07, 6.45) is 0. The molecule has 0 amide bonds. The number of hydrogen-bond acceptors (Lipinski definition) is 4. The van der Waals surface area contributed by atoms with E-state index < -0.39 is 0 Å². The maximum Gasteiger partial charge on any atom is 0.161 e. The SMILES string of the molecule is c1ccc(N(c2ccccc2)c2ccc3oc4c(N(c5ccccc5)c5ccccc5)ccc(N(c5ccccc5)c5ccccc5)c4c3c2)cc1. The fraction of sp³-hybridized carbons (Fsp3) is 0. The van der Waals surface area contributed by atoms with Gasteiger partial charge in [-0.05, 0) is 103 Å². The molecule has 0 radical (unpaired) electrons. The Morgan fingerprint density at radius 2 is 0.635 bits per heavy atom. The topological polar surface area (TPSA) is 22.9 Å². The van der Waals surface area contributed by atoms with Gasteiger partial charge in [0.25, 0.3) is 0 Å². The number of nitrogens with zero attached hydrogens (tertiary/aromatic N) is 3. The van der Waals surface area contributed by atoms with Crippen LogP contribution >= 0.6 is 0 Å². The van der Waals surface area contributed by atoms with Gasteiger partial charge in [-0.25, -0.2) is 0 Å². The van der Waals surface area contributed by atoms with Crippen LogP contribution in [0.15, 0.2) is 217 Å². The fourth-order valence-electron chi connectivity index (χ4n) is 7.10.